The zero-order chi connectivity index (χ0) is 17.2. The zero-order valence-electron chi connectivity index (χ0n) is 15.0. The van der Waals surface area contributed by atoms with Crippen LogP contribution in [0.4, 0.5) is 0 Å². The van der Waals surface area contributed by atoms with Crippen LogP contribution in [0, 0.1) is 5.92 Å². The molecule has 2 aromatic carbocycles. The van der Waals surface area contributed by atoms with Gasteiger partial charge in [-0.3, -0.25) is 0 Å². The van der Waals surface area contributed by atoms with Gasteiger partial charge in [0.1, 0.15) is 6.54 Å². The fraction of sp³-hybridized carbons (Fsp3) is 0.455. The minimum absolute atomic E-state index is 0.851. The normalized spacial score (nSPS) is 20.5. The van der Waals surface area contributed by atoms with Gasteiger partial charge in [-0.1, -0.05) is 48.5 Å². The molecule has 3 heteroatoms. The second-order valence-electron chi connectivity index (χ2n) is 6.91. The van der Waals surface area contributed by atoms with E-state index in [2.05, 4.69) is 60.7 Å². The summed E-state index contributed by atoms with van der Waals surface area (Å²) in [5.41, 5.74) is 1.50. The monoisotopic (exact) mass is 356 g/mol. The number of quaternary nitrogens is 1. The van der Waals surface area contributed by atoms with Gasteiger partial charge in [0.15, 0.2) is 0 Å². The zero-order valence-corrected chi connectivity index (χ0v) is 15.8. The van der Waals surface area contributed by atoms with Crippen molar-refractivity contribution in [2.75, 3.05) is 38.6 Å². The smallest absolute Gasteiger partial charge is 0.101 e. The molecule has 0 amide bonds. The summed E-state index contributed by atoms with van der Waals surface area (Å²) in [4.78, 5) is 3.05. The molecular formula is C22H30NOS+. The molecule has 2 aromatic rings. The summed E-state index contributed by atoms with van der Waals surface area (Å²) in [6, 6.07) is 21.5. The molecule has 1 aliphatic rings. The Kier molecular flexibility index (Phi) is 7.88. The van der Waals surface area contributed by atoms with Gasteiger partial charge in [-0.2, -0.15) is 0 Å². The van der Waals surface area contributed by atoms with Crippen molar-refractivity contribution in [2.45, 2.75) is 24.2 Å². The molecule has 1 N–H and O–H groups in total. The van der Waals surface area contributed by atoms with Gasteiger partial charge in [-0.25, -0.2) is 0 Å². The maximum absolute atomic E-state index is 5.84. The number of thioether (sulfide) groups is 1. The second kappa shape index (κ2) is 10.6. The molecule has 1 aliphatic heterocycles. The molecular weight excluding hydrogens is 326 g/mol. The molecule has 0 aromatic heterocycles. The van der Waals surface area contributed by atoms with Gasteiger partial charge in [-0.05, 0) is 42.9 Å². The summed E-state index contributed by atoms with van der Waals surface area (Å²) in [7, 11) is 0. The molecule has 0 unspecified atom stereocenters. The average Bonchev–Trinajstić information content (AvgIpc) is 2.67. The van der Waals surface area contributed by atoms with Crippen molar-refractivity contribution in [3.05, 3.63) is 66.2 Å². The minimum Gasteiger partial charge on any atom is -0.375 e. The third kappa shape index (κ3) is 6.85. The number of nitrogens with one attached hydrogen (secondary N) is 1. The minimum atomic E-state index is 0.851. The van der Waals surface area contributed by atoms with Gasteiger partial charge in [0, 0.05) is 10.6 Å². The molecule has 0 saturated carbocycles. The first-order valence-electron chi connectivity index (χ1n) is 9.53. The van der Waals surface area contributed by atoms with E-state index in [-0.39, 0.29) is 0 Å². The molecule has 3 rings (SSSR count). The number of hydrogen-bond acceptors (Lipinski definition) is 2. The van der Waals surface area contributed by atoms with Crippen molar-refractivity contribution < 1.29 is 9.64 Å². The highest BCUT2D eigenvalue weighted by molar-refractivity contribution is 7.99. The van der Waals surface area contributed by atoms with E-state index in [0.717, 1.165) is 31.4 Å². The van der Waals surface area contributed by atoms with Crippen LogP contribution in [0.3, 0.4) is 0 Å². The summed E-state index contributed by atoms with van der Waals surface area (Å²) in [5.74, 6) is 1.91. The molecule has 0 spiro atoms. The molecule has 2 nitrogen and oxygen atoms in total. The average molecular weight is 357 g/mol. The van der Waals surface area contributed by atoms with Crippen molar-refractivity contribution in [3.8, 4) is 0 Å². The topological polar surface area (TPSA) is 13.7 Å². The van der Waals surface area contributed by atoms with E-state index in [1.807, 2.05) is 11.8 Å². The van der Waals surface area contributed by atoms with E-state index in [0.29, 0.717) is 0 Å². The first-order valence-corrected chi connectivity index (χ1v) is 10.5. The molecule has 1 fully saturated rings. The number of ether oxygens (including phenoxy) is 1. The van der Waals surface area contributed by atoms with E-state index in [9.17, 15) is 0 Å². The van der Waals surface area contributed by atoms with Gasteiger partial charge in [-0.15, -0.1) is 11.8 Å². The Morgan fingerprint density at radius 2 is 1.56 bits per heavy atom. The number of benzene rings is 2. The third-order valence-electron chi connectivity index (χ3n) is 5.02. The van der Waals surface area contributed by atoms with Crippen molar-refractivity contribution in [1.29, 1.82) is 0 Å². The Morgan fingerprint density at radius 3 is 2.28 bits per heavy atom. The van der Waals surface area contributed by atoms with Gasteiger partial charge in [0.25, 0.3) is 0 Å². The highest BCUT2D eigenvalue weighted by Crippen LogP contribution is 2.17. The predicted octanol–water partition coefficient (Wildman–Crippen LogP) is 3.33. The first-order chi connectivity index (χ1) is 12.4. The number of likely N-dealkylation sites (tertiary alicyclic amines) is 1. The Labute approximate surface area is 156 Å². The Hall–Kier alpha value is -1.29. The van der Waals surface area contributed by atoms with Crippen LogP contribution in [0.5, 0.6) is 0 Å². The van der Waals surface area contributed by atoms with Gasteiger partial charge < -0.3 is 9.64 Å². The molecule has 1 saturated heterocycles. The van der Waals surface area contributed by atoms with Crippen LogP contribution in [0.15, 0.2) is 65.6 Å². The van der Waals surface area contributed by atoms with E-state index in [1.165, 1.54) is 42.8 Å². The number of rotatable bonds is 9. The maximum Gasteiger partial charge on any atom is 0.101 e. The van der Waals surface area contributed by atoms with Gasteiger partial charge in [0.2, 0.25) is 0 Å². The summed E-state index contributed by atoms with van der Waals surface area (Å²) in [6.45, 7) is 5.52. The van der Waals surface area contributed by atoms with Gasteiger partial charge >= 0.3 is 0 Å². The lowest BCUT2D eigenvalue weighted by atomic mass is 9.90. The van der Waals surface area contributed by atoms with Crippen LogP contribution in [0.25, 0.3) is 0 Å². The van der Waals surface area contributed by atoms with Crippen molar-refractivity contribution >= 4 is 11.8 Å². The second-order valence-corrected chi connectivity index (χ2v) is 8.08. The lowest BCUT2D eigenvalue weighted by molar-refractivity contribution is -0.906. The first kappa shape index (κ1) is 18.5. The van der Waals surface area contributed by atoms with E-state index in [4.69, 9.17) is 4.74 Å². The van der Waals surface area contributed by atoms with Crippen LogP contribution in [0.1, 0.15) is 18.4 Å². The number of piperidine rings is 1. The van der Waals surface area contributed by atoms with Crippen LogP contribution in [-0.4, -0.2) is 38.6 Å². The molecule has 0 atom stereocenters. The molecule has 0 radical (unpaired) electrons. The predicted molar refractivity (Wildman–Crippen MR) is 106 cm³/mol. The molecule has 0 aliphatic carbocycles. The Balaban J connectivity index is 1.22. The highest BCUT2D eigenvalue weighted by atomic mass is 32.2. The number of hydrogen-bond donors (Lipinski definition) is 1. The SMILES string of the molecule is c1ccc(CC2CC[NH+](CCOCCSc3ccccc3)CC2)cc1. The van der Waals surface area contributed by atoms with E-state index >= 15 is 0 Å². The van der Waals surface area contributed by atoms with Gasteiger partial charge in [0.05, 0.1) is 26.3 Å². The van der Waals surface area contributed by atoms with Crippen molar-refractivity contribution in [1.82, 2.24) is 0 Å². The fourth-order valence-electron chi connectivity index (χ4n) is 3.54. The summed E-state index contributed by atoms with van der Waals surface area (Å²) in [6.07, 6.45) is 3.96. The van der Waals surface area contributed by atoms with Crippen molar-refractivity contribution in [3.63, 3.8) is 0 Å². The Bertz CT molecular complexity index is 581. The van der Waals surface area contributed by atoms with Crippen LogP contribution >= 0.6 is 11.8 Å². The highest BCUT2D eigenvalue weighted by Gasteiger charge is 2.21. The third-order valence-corrected chi connectivity index (χ3v) is 6.00. The summed E-state index contributed by atoms with van der Waals surface area (Å²) < 4.78 is 5.84. The lowest BCUT2D eigenvalue weighted by Gasteiger charge is -2.29. The lowest BCUT2D eigenvalue weighted by Crippen LogP contribution is -3.13. The van der Waals surface area contributed by atoms with E-state index < -0.39 is 0 Å². The fourth-order valence-corrected chi connectivity index (χ4v) is 4.33. The maximum atomic E-state index is 5.84. The molecule has 25 heavy (non-hydrogen) atoms. The van der Waals surface area contributed by atoms with Crippen molar-refractivity contribution in [2.24, 2.45) is 5.92 Å². The summed E-state index contributed by atoms with van der Waals surface area (Å²) >= 11 is 1.88. The van der Waals surface area contributed by atoms with E-state index in [1.54, 1.807) is 4.90 Å². The largest absolute Gasteiger partial charge is 0.375 e. The Morgan fingerprint density at radius 1 is 0.880 bits per heavy atom. The van der Waals surface area contributed by atoms with Crippen LogP contribution in [-0.2, 0) is 11.2 Å². The molecule has 1 heterocycles. The quantitative estimate of drug-likeness (QED) is 0.547. The van der Waals surface area contributed by atoms with Crippen LogP contribution in [0.2, 0.25) is 0 Å². The standard InChI is InChI=1S/C22H29NOS/c1-3-7-20(8-4-1)19-21-11-13-23(14-12-21)15-16-24-17-18-25-22-9-5-2-6-10-22/h1-10,21H,11-19H2/p+1. The van der Waals surface area contributed by atoms with Crippen LogP contribution < -0.4 is 4.90 Å². The molecule has 0 bridgehead atoms. The summed E-state index contributed by atoms with van der Waals surface area (Å²) in [5, 5.41) is 0. The molecule has 134 valence electrons.